The Morgan fingerprint density at radius 3 is 1.46 bits per heavy atom. The quantitative estimate of drug-likeness (QED) is 0.283. The molecule has 28 heavy (non-hydrogen) atoms. The molecule has 0 heterocycles. The van der Waals surface area contributed by atoms with Crippen molar-refractivity contribution in [3.05, 3.63) is 61.6 Å². The molecule has 2 aromatic carbocycles. The number of rotatable bonds is 9. The molecule has 0 spiro atoms. The molecule has 0 aliphatic rings. The standard InChI is InChI=1S/C20H26N4O4/c1-23-15(19(21)27)9-11-3-5-17(25)13(7-11)14-8-12(4-6-18(14)26)10-16(24-2)20(22)28/h3-8,15-16,25-26H,1-2,9-10,23-24H2,(H2,21,27)(H2,22,28). The molecular weight excluding hydrogens is 360 g/mol. The topological polar surface area (TPSA) is 160 Å². The maximum Gasteiger partial charge on any atom is 0.273 e. The summed E-state index contributed by atoms with van der Waals surface area (Å²) >= 11 is 0. The average Bonchev–Trinajstić information content (AvgIpc) is 2.66. The van der Waals surface area contributed by atoms with Gasteiger partial charge >= 0.3 is 0 Å². The van der Waals surface area contributed by atoms with E-state index in [1.54, 1.807) is 24.3 Å². The number of aromatic hydroxyl groups is 2. The first kappa shape index (κ1) is 21.2. The SMILES string of the molecule is [CH2-][NH2+]C(Cc1ccc(O)c(-c2cc(CC([NH2+][CH2-])C(N)=O)ccc2O)c1)C(N)=O. The molecule has 2 aromatic rings. The van der Waals surface area contributed by atoms with E-state index in [1.807, 2.05) is 0 Å². The van der Waals surface area contributed by atoms with E-state index in [9.17, 15) is 19.8 Å². The maximum atomic E-state index is 11.5. The average molecular weight is 386 g/mol. The highest BCUT2D eigenvalue weighted by molar-refractivity contribution is 5.80. The minimum Gasteiger partial charge on any atom is -0.507 e. The Balaban J connectivity index is 2.40. The molecule has 0 fully saturated rings. The minimum absolute atomic E-state index is 0.0272. The van der Waals surface area contributed by atoms with Crippen LogP contribution in [0.5, 0.6) is 11.5 Å². The minimum atomic E-state index is -0.541. The number of phenols is 2. The van der Waals surface area contributed by atoms with Gasteiger partial charge in [0, 0.05) is 24.0 Å². The van der Waals surface area contributed by atoms with Crippen LogP contribution in [0, 0.1) is 14.1 Å². The van der Waals surface area contributed by atoms with Crippen LogP contribution in [0.25, 0.3) is 11.1 Å². The van der Waals surface area contributed by atoms with Crippen molar-refractivity contribution in [2.75, 3.05) is 0 Å². The smallest absolute Gasteiger partial charge is 0.273 e. The Bertz CT molecular complexity index is 798. The monoisotopic (exact) mass is 386 g/mol. The number of hydrogen-bond donors (Lipinski definition) is 6. The van der Waals surface area contributed by atoms with Crippen molar-refractivity contribution >= 4 is 11.8 Å². The summed E-state index contributed by atoms with van der Waals surface area (Å²) in [6, 6.07) is 8.64. The Morgan fingerprint density at radius 2 is 1.18 bits per heavy atom. The lowest BCUT2D eigenvalue weighted by molar-refractivity contribution is -0.619. The van der Waals surface area contributed by atoms with Crippen molar-refractivity contribution in [1.82, 2.24) is 0 Å². The molecule has 2 amide bonds. The molecule has 0 aromatic heterocycles. The van der Waals surface area contributed by atoms with Gasteiger partial charge in [-0.3, -0.25) is 9.59 Å². The van der Waals surface area contributed by atoms with E-state index in [4.69, 9.17) is 11.5 Å². The number of nitrogens with two attached hydrogens (primary N) is 4. The fourth-order valence-electron chi connectivity index (χ4n) is 2.96. The van der Waals surface area contributed by atoms with Crippen LogP contribution < -0.4 is 22.1 Å². The third kappa shape index (κ3) is 4.99. The van der Waals surface area contributed by atoms with Gasteiger partial charge in [-0.05, 0) is 35.4 Å². The van der Waals surface area contributed by atoms with Gasteiger partial charge in [0.05, 0.1) is 0 Å². The second kappa shape index (κ2) is 9.20. The number of primary amides is 2. The summed E-state index contributed by atoms with van der Waals surface area (Å²) in [6.07, 6.45) is 0.652. The molecule has 0 bridgehead atoms. The van der Waals surface area contributed by atoms with Gasteiger partial charge < -0.3 is 32.3 Å². The van der Waals surface area contributed by atoms with E-state index >= 15 is 0 Å². The third-order valence-corrected chi connectivity index (χ3v) is 4.62. The number of hydrogen-bond acceptors (Lipinski definition) is 4. The van der Waals surface area contributed by atoms with Gasteiger partial charge in [0.1, 0.15) is 23.6 Å². The lowest BCUT2D eigenvalue weighted by Crippen LogP contribution is -2.87. The first-order valence-electron chi connectivity index (χ1n) is 8.74. The Hall–Kier alpha value is -3.10. The highest BCUT2D eigenvalue weighted by atomic mass is 16.3. The number of amides is 2. The molecule has 0 saturated carbocycles. The second-order valence-electron chi connectivity index (χ2n) is 6.60. The molecule has 0 radical (unpaired) electrons. The lowest BCUT2D eigenvalue weighted by atomic mass is 9.95. The van der Waals surface area contributed by atoms with Crippen LogP contribution in [-0.2, 0) is 22.4 Å². The van der Waals surface area contributed by atoms with Crippen molar-refractivity contribution < 1.29 is 30.4 Å². The van der Waals surface area contributed by atoms with E-state index in [1.165, 1.54) is 22.8 Å². The van der Waals surface area contributed by atoms with Crippen molar-refractivity contribution in [2.24, 2.45) is 11.5 Å². The molecule has 150 valence electrons. The molecule has 8 nitrogen and oxygen atoms in total. The Kier molecular flexibility index (Phi) is 6.97. The molecule has 2 rings (SSSR count). The molecule has 8 heteroatoms. The summed E-state index contributed by atoms with van der Waals surface area (Å²) in [5.74, 6) is -1.03. The number of carbonyl (C=O) groups is 2. The fraction of sp³-hybridized carbons (Fsp3) is 0.200. The van der Waals surface area contributed by atoms with Crippen LogP contribution in [0.3, 0.4) is 0 Å². The van der Waals surface area contributed by atoms with Gasteiger partial charge in [0.2, 0.25) is 0 Å². The van der Waals surface area contributed by atoms with E-state index in [0.29, 0.717) is 24.0 Å². The van der Waals surface area contributed by atoms with E-state index in [0.717, 1.165) is 11.1 Å². The predicted molar refractivity (Wildman–Crippen MR) is 103 cm³/mol. The lowest BCUT2D eigenvalue weighted by Gasteiger charge is -2.16. The van der Waals surface area contributed by atoms with Crippen molar-refractivity contribution in [3.8, 4) is 22.6 Å². The van der Waals surface area contributed by atoms with Crippen LogP contribution in [0.15, 0.2) is 36.4 Å². The van der Waals surface area contributed by atoms with Crippen molar-refractivity contribution in [3.63, 3.8) is 0 Å². The second-order valence-corrected chi connectivity index (χ2v) is 6.60. The molecule has 0 aliphatic heterocycles. The highest BCUT2D eigenvalue weighted by Crippen LogP contribution is 2.36. The van der Waals surface area contributed by atoms with Gasteiger partial charge in [-0.15, -0.1) is 0 Å². The Morgan fingerprint density at radius 1 is 0.821 bits per heavy atom. The van der Waals surface area contributed by atoms with Crippen LogP contribution in [-0.4, -0.2) is 34.1 Å². The third-order valence-electron chi connectivity index (χ3n) is 4.62. The first-order valence-corrected chi connectivity index (χ1v) is 8.74. The zero-order valence-corrected chi connectivity index (χ0v) is 15.5. The van der Waals surface area contributed by atoms with E-state index in [-0.39, 0.29) is 11.5 Å². The summed E-state index contributed by atoms with van der Waals surface area (Å²) in [5, 5.41) is 23.6. The van der Waals surface area contributed by atoms with Crippen LogP contribution >= 0.6 is 0 Å². The highest BCUT2D eigenvalue weighted by Gasteiger charge is 2.19. The number of quaternary nitrogens is 2. The van der Waals surface area contributed by atoms with Gasteiger partial charge in [0.25, 0.3) is 11.8 Å². The Labute approximate surface area is 163 Å². The number of phenolic OH excluding ortho intramolecular Hbond substituents is 2. The summed E-state index contributed by atoms with van der Waals surface area (Å²) in [5.41, 5.74) is 13.0. The summed E-state index contributed by atoms with van der Waals surface area (Å²) < 4.78 is 0. The zero-order chi connectivity index (χ0) is 20.8. The van der Waals surface area contributed by atoms with Gasteiger partial charge in [0.15, 0.2) is 0 Å². The van der Waals surface area contributed by atoms with Crippen LogP contribution in [0.2, 0.25) is 0 Å². The van der Waals surface area contributed by atoms with Gasteiger partial charge in [-0.1, -0.05) is 12.1 Å². The first-order chi connectivity index (χ1) is 13.3. The summed E-state index contributed by atoms with van der Waals surface area (Å²) in [7, 11) is 7.23. The van der Waals surface area contributed by atoms with E-state index in [2.05, 4.69) is 14.1 Å². The molecule has 2 unspecified atom stereocenters. The van der Waals surface area contributed by atoms with Gasteiger partial charge in [-0.2, -0.15) is 14.1 Å². The fourth-order valence-corrected chi connectivity index (χ4v) is 2.96. The summed E-state index contributed by atoms with van der Waals surface area (Å²) in [4.78, 5) is 22.9. The van der Waals surface area contributed by atoms with Crippen molar-refractivity contribution in [2.45, 2.75) is 24.9 Å². The molecule has 0 aliphatic carbocycles. The zero-order valence-electron chi connectivity index (χ0n) is 15.5. The van der Waals surface area contributed by atoms with Crippen LogP contribution in [0.4, 0.5) is 0 Å². The van der Waals surface area contributed by atoms with Crippen molar-refractivity contribution in [1.29, 1.82) is 0 Å². The summed E-state index contributed by atoms with van der Waals surface area (Å²) in [6.45, 7) is 0. The molecule has 10 N–H and O–H groups in total. The van der Waals surface area contributed by atoms with Crippen LogP contribution in [0.1, 0.15) is 11.1 Å². The molecule has 2 atom stereocenters. The van der Waals surface area contributed by atoms with E-state index < -0.39 is 23.9 Å². The molecule has 0 saturated heterocycles. The maximum absolute atomic E-state index is 11.5. The normalized spacial score (nSPS) is 13.1. The van der Waals surface area contributed by atoms with Gasteiger partial charge in [-0.25, -0.2) is 0 Å². The molecular formula is C20H26N4O4. The number of carbonyl (C=O) groups excluding carboxylic acids is 2. The number of benzene rings is 2. The predicted octanol–water partition coefficient (Wildman–Crippen LogP) is -1.73. The largest absolute Gasteiger partial charge is 0.507 e.